The van der Waals surface area contributed by atoms with Crippen LogP contribution in [0.4, 0.5) is 0 Å². The average molecular weight is 420 g/mol. The van der Waals surface area contributed by atoms with Gasteiger partial charge in [-0.15, -0.1) is 0 Å². The van der Waals surface area contributed by atoms with Crippen LogP contribution in [0.15, 0.2) is 42.5 Å². The number of ether oxygens (including phenoxy) is 3. The summed E-state index contributed by atoms with van der Waals surface area (Å²) in [6.07, 6.45) is 1.92. The molecule has 6 nitrogen and oxygen atoms in total. The Morgan fingerprint density at radius 2 is 1.76 bits per heavy atom. The van der Waals surface area contributed by atoms with Crippen LogP contribution >= 0.6 is 11.6 Å². The molecule has 1 fully saturated rings. The maximum atomic E-state index is 12.4. The van der Waals surface area contributed by atoms with E-state index in [-0.39, 0.29) is 12.1 Å². The molecule has 1 aliphatic carbocycles. The Labute approximate surface area is 175 Å². The number of para-hydroxylation sites is 1. The summed E-state index contributed by atoms with van der Waals surface area (Å²) in [5, 5.41) is 13.7. The Bertz CT molecular complexity index is 836. The van der Waals surface area contributed by atoms with E-state index in [2.05, 4.69) is 5.32 Å². The molecule has 3 rings (SSSR count). The Balaban J connectivity index is 1.52. The number of rotatable bonds is 7. The first-order valence-electron chi connectivity index (χ1n) is 9.63. The average Bonchev–Trinajstić information content (AvgIpc) is 2.74. The standard InChI is InChI=1S/C22H26ClNO5/c1-27-18-7-4-8-19(21(18)28-2)29-17-11-9-16(10-12-17)24-22(26)20(25)14-5-3-6-15(23)13-14/h3-8,13,16-17,20,25H,9-12H2,1-2H3,(H,24,26). The van der Waals surface area contributed by atoms with Gasteiger partial charge in [0.2, 0.25) is 5.75 Å². The molecule has 0 heterocycles. The van der Waals surface area contributed by atoms with E-state index in [0.29, 0.717) is 27.8 Å². The lowest BCUT2D eigenvalue weighted by molar-refractivity contribution is -0.130. The second-order valence-electron chi connectivity index (χ2n) is 7.05. The van der Waals surface area contributed by atoms with E-state index in [1.807, 2.05) is 18.2 Å². The van der Waals surface area contributed by atoms with Gasteiger partial charge in [-0.25, -0.2) is 0 Å². The highest BCUT2D eigenvalue weighted by molar-refractivity contribution is 6.30. The summed E-state index contributed by atoms with van der Waals surface area (Å²) in [5.41, 5.74) is 0.483. The van der Waals surface area contributed by atoms with Crippen LogP contribution in [0.5, 0.6) is 17.2 Å². The normalized spacial score (nSPS) is 19.9. The first kappa shape index (κ1) is 21.3. The SMILES string of the molecule is COc1cccc(OC2CCC(NC(=O)C(O)c3cccc(Cl)c3)CC2)c1OC. The number of carbonyl (C=O) groups is 1. The van der Waals surface area contributed by atoms with Gasteiger partial charge in [0.25, 0.3) is 5.91 Å². The van der Waals surface area contributed by atoms with E-state index in [4.69, 9.17) is 25.8 Å². The molecule has 0 saturated heterocycles. The van der Waals surface area contributed by atoms with Crippen molar-refractivity contribution in [2.45, 2.75) is 43.9 Å². The van der Waals surface area contributed by atoms with Crippen molar-refractivity contribution in [1.29, 1.82) is 0 Å². The van der Waals surface area contributed by atoms with Crippen LogP contribution < -0.4 is 19.5 Å². The number of nitrogens with one attached hydrogen (secondary N) is 1. The van der Waals surface area contributed by atoms with E-state index in [1.54, 1.807) is 38.5 Å². The van der Waals surface area contributed by atoms with Gasteiger partial charge in [-0.05, 0) is 55.5 Å². The zero-order chi connectivity index (χ0) is 20.8. The second kappa shape index (κ2) is 9.85. The summed E-state index contributed by atoms with van der Waals surface area (Å²) >= 11 is 5.94. The summed E-state index contributed by atoms with van der Waals surface area (Å²) in [7, 11) is 3.18. The zero-order valence-corrected chi connectivity index (χ0v) is 17.3. The van der Waals surface area contributed by atoms with Gasteiger partial charge in [-0.3, -0.25) is 4.79 Å². The number of halogens is 1. The van der Waals surface area contributed by atoms with Crippen molar-refractivity contribution in [2.24, 2.45) is 0 Å². The van der Waals surface area contributed by atoms with Gasteiger partial charge < -0.3 is 24.6 Å². The first-order chi connectivity index (χ1) is 14.0. The number of amides is 1. The van der Waals surface area contributed by atoms with Crippen LogP contribution in [-0.4, -0.2) is 37.4 Å². The summed E-state index contributed by atoms with van der Waals surface area (Å²) in [5.74, 6) is 1.44. The molecule has 156 valence electrons. The highest BCUT2D eigenvalue weighted by Crippen LogP contribution is 2.38. The summed E-state index contributed by atoms with van der Waals surface area (Å²) < 4.78 is 16.8. The van der Waals surface area contributed by atoms with Gasteiger partial charge >= 0.3 is 0 Å². The molecule has 0 radical (unpaired) electrons. The molecule has 1 unspecified atom stereocenters. The second-order valence-corrected chi connectivity index (χ2v) is 7.49. The van der Waals surface area contributed by atoms with Crippen molar-refractivity contribution >= 4 is 17.5 Å². The van der Waals surface area contributed by atoms with E-state index < -0.39 is 12.0 Å². The molecule has 7 heteroatoms. The van der Waals surface area contributed by atoms with Crippen molar-refractivity contribution in [2.75, 3.05) is 14.2 Å². The number of aliphatic hydroxyl groups excluding tert-OH is 1. The van der Waals surface area contributed by atoms with Gasteiger partial charge in [0, 0.05) is 11.1 Å². The molecule has 0 aliphatic heterocycles. The topological polar surface area (TPSA) is 77.0 Å². The number of methoxy groups -OCH3 is 2. The number of carbonyl (C=O) groups excluding carboxylic acids is 1. The Hall–Kier alpha value is -2.44. The fraction of sp³-hybridized carbons (Fsp3) is 0.409. The third-order valence-electron chi connectivity index (χ3n) is 5.09. The van der Waals surface area contributed by atoms with Crippen molar-refractivity contribution < 1.29 is 24.1 Å². The molecule has 1 amide bonds. The predicted octanol–water partition coefficient (Wildman–Crippen LogP) is 3.90. The summed E-state index contributed by atoms with van der Waals surface area (Å²) in [6, 6.07) is 12.2. The number of hydrogen-bond acceptors (Lipinski definition) is 5. The van der Waals surface area contributed by atoms with E-state index in [9.17, 15) is 9.90 Å². The van der Waals surface area contributed by atoms with Crippen LogP contribution in [0.1, 0.15) is 37.4 Å². The molecule has 1 atom stereocenters. The quantitative estimate of drug-likeness (QED) is 0.711. The largest absolute Gasteiger partial charge is 0.493 e. The molecule has 1 aliphatic rings. The van der Waals surface area contributed by atoms with Crippen molar-refractivity contribution in [3.05, 3.63) is 53.1 Å². The zero-order valence-electron chi connectivity index (χ0n) is 16.6. The smallest absolute Gasteiger partial charge is 0.253 e. The lowest BCUT2D eigenvalue weighted by Crippen LogP contribution is -2.41. The van der Waals surface area contributed by atoms with Crippen LogP contribution in [0, 0.1) is 0 Å². The van der Waals surface area contributed by atoms with Crippen molar-refractivity contribution in [3.8, 4) is 17.2 Å². The van der Waals surface area contributed by atoms with Gasteiger partial charge in [-0.2, -0.15) is 0 Å². The van der Waals surface area contributed by atoms with Crippen molar-refractivity contribution in [3.63, 3.8) is 0 Å². The van der Waals surface area contributed by atoms with Gasteiger partial charge in [-0.1, -0.05) is 29.8 Å². The highest BCUT2D eigenvalue weighted by atomic mass is 35.5. The maximum Gasteiger partial charge on any atom is 0.253 e. The monoisotopic (exact) mass is 419 g/mol. The lowest BCUT2D eigenvalue weighted by Gasteiger charge is -2.30. The van der Waals surface area contributed by atoms with E-state index in [0.717, 1.165) is 25.7 Å². The van der Waals surface area contributed by atoms with E-state index >= 15 is 0 Å². The summed E-state index contributed by atoms with van der Waals surface area (Å²) in [4.78, 5) is 12.4. The minimum atomic E-state index is -1.23. The van der Waals surface area contributed by atoms with Crippen LogP contribution in [0.3, 0.4) is 0 Å². The molecule has 2 N–H and O–H groups in total. The fourth-order valence-corrected chi connectivity index (χ4v) is 3.76. The maximum absolute atomic E-state index is 12.4. The third-order valence-corrected chi connectivity index (χ3v) is 5.33. The minimum Gasteiger partial charge on any atom is -0.493 e. The predicted molar refractivity (Wildman–Crippen MR) is 111 cm³/mol. The number of aliphatic hydroxyl groups is 1. The molecule has 2 aromatic rings. The molecular weight excluding hydrogens is 394 g/mol. The van der Waals surface area contributed by atoms with Crippen LogP contribution in [0.2, 0.25) is 5.02 Å². The Kier molecular flexibility index (Phi) is 7.23. The molecule has 2 aromatic carbocycles. The van der Waals surface area contributed by atoms with Crippen molar-refractivity contribution in [1.82, 2.24) is 5.32 Å². The Morgan fingerprint density at radius 3 is 2.41 bits per heavy atom. The summed E-state index contributed by atoms with van der Waals surface area (Å²) in [6.45, 7) is 0. The molecule has 1 saturated carbocycles. The van der Waals surface area contributed by atoms with E-state index in [1.165, 1.54) is 0 Å². The molecule has 29 heavy (non-hydrogen) atoms. The lowest BCUT2D eigenvalue weighted by atomic mass is 9.92. The third kappa shape index (κ3) is 5.34. The van der Waals surface area contributed by atoms with Crippen LogP contribution in [0.25, 0.3) is 0 Å². The fourth-order valence-electron chi connectivity index (χ4n) is 3.56. The molecule has 0 spiro atoms. The number of hydrogen-bond donors (Lipinski definition) is 2. The van der Waals surface area contributed by atoms with Gasteiger partial charge in [0.05, 0.1) is 20.3 Å². The highest BCUT2D eigenvalue weighted by Gasteiger charge is 2.27. The molecular formula is C22H26ClNO5. The molecule has 0 aromatic heterocycles. The first-order valence-corrected chi connectivity index (χ1v) is 10.0. The molecule has 0 bridgehead atoms. The number of benzene rings is 2. The van der Waals surface area contributed by atoms with Crippen LogP contribution in [-0.2, 0) is 4.79 Å². The van der Waals surface area contributed by atoms with Gasteiger partial charge in [0.1, 0.15) is 0 Å². The minimum absolute atomic E-state index is 0.00314. The Morgan fingerprint density at radius 1 is 1.07 bits per heavy atom. The van der Waals surface area contributed by atoms with Gasteiger partial charge in [0.15, 0.2) is 17.6 Å².